The van der Waals surface area contributed by atoms with Crippen molar-refractivity contribution in [3.63, 3.8) is 0 Å². The Morgan fingerprint density at radius 3 is 2.37 bits per heavy atom. The van der Waals surface area contributed by atoms with Gasteiger partial charge in [0, 0.05) is 11.5 Å². The van der Waals surface area contributed by atoms with Crippen LogP contribution in [0.1, 0.15) is 0 Å². The Morgan fingerprint density at radius 1 is 1.00 bits per heavy atom. The van der Waals surface area contributed by atoms with Gasteiger partial charge in [-0.3, -0.25) is 0 Å². The van der Waals surface area contributed by atoms with Gasteiger partial charge in [-0.2, -0.15) is 0 Å². The summed E-state index contributed by atoms with van der Waals surface area (Å²) in [5, 5.41) is 2.75. The molecule has 3 aromatic rings. The summed E-state index contributed by atoms with van der Waals surface area (Å²) in [6.07, 6.45) is 1.44. The number of aromatic nitrogens is 2. The zero-order valence-electron chi connectivity index (χ0n) is 15.4. The zero-order valence-corrected chi connectivity index (χ0v) is 17.0. The summed E-state index contributed by atoms with van der Waals surface area (Å²) < 4.78 is 27.1. The first kappa shape index (κ1) is 18.2. The van der Waals surface area contributed by atoms with Gasteiger partial charge in [0.2, 0.25) is 0 Å². The molecule has 0 unspecified atom stereocenters. The van der Waals surface area contributed by atoms with Crippen LogP contribution in [0.3, 0.4) is 0 Å². The van der Waals surface area contributed by atoms with Gasteiger partial charge in [-0.05, 0) is 34.1 Å². The largest absolute Gasteiger partial charge is 0.499 e. The number of fused-ring (bicyclic) bond motifs is 2. The fourth-order valence-corrected chi connectivity index (χ4v) is 3.21. The third-order valence-corrected chi connectivity index (χ3v) is 5.70. The van der Waals surface area contributed by atoms with E-state index in [1.807, 2.05) is 43.5 Å². The molecule has 0 radical (unpaired) electrons. The highest BCUT2D eigenvalue weighted by atomic mass is 79.9. The van der Waals surface area contributed by atoms with E-state index in [-0.39, 0.29) is 5.82 Å². The summed E-state index contributed by atoms with van der Waals surface area (Å²) in [6.45, 7) is 0. The molecular weight excluding hydrogens is 408 g/mol. The van der Waals surface area contributed by atoms with Gasteiger partial charge in [0.05, 0.1) is 26.5 Å². The van der Waals surface area contributed by atoms with Gasteiger partial charge < -0.3 is 14.8 Å². The fraction of sp³-hybridized carbons (Fsp3) is 0.125. The van der Waals surface area contributed by atoms with Crippen LogP contribution < -0.4 is 14.8 Å². The maximum atomic E-state index is 14.4. The number of hydrogen-bond donors (Lipinski definition) is 1. The Morgan fingerprint density at radius 2 is 1.67 bits per heavy atom. The maximum absolute atomic E-state index is 14.4. The van der Waals surface area contributed by atoms with Gasteiger partial charge in [0.25, 0.3) is 0 Å². The van der Waals surface area contributed by atoms with Gasteiger partial charge in [0.1, 0.15) is 43.5 Å². The highest BCUT2D eigenvalue weighted by molar-refractivity contribution is 9.10. The van der Waals surface area contributed by atoms with Crippen LogP contribution in [0.4, 0.5) is 15.9 Å². The Bertz CT molecular complexity index is 1070. The minimum absolute atomic E-state index is 0.320. The Kier molecular flexibility index (Phi) is 4.18. The second kappa shape index (κ2) is 6.19. The van der Waals surface area contributed by atoms with E-state index in [0.717, 1.165) is 5.39 Å². The lowest BCUT2D eigenvalue weighted by Gasteiger charge is -2.47. The van der Waals surface area contributed by atoms with Crippen molar-refractivity contribution in [3.05, 3.63) is 46.9 Å². The van der Waals surface area contributed by atoms with Crippen LogP contribution in [0.15, 0.2) is 41.1 Å². The molecule has 5 nitrogen and oxygen atoms in total. The summed E-state index contributed by atoms with van der Waals surface area (Å²) in [6, 6.07) is 8.70. The van der Waals surface area contributed by atoms with E-state index in [0.29, 0.717) is 33.0 Å². The lowest BCUT2D eigenvalue weighted by atomic mass is 9.41. The van der Waals surface area contributed by atoms with Crippen LogP contribution in [-0.4, -0.2) is 52.2 Å². The van der Waals surface area contributed by atoms with Gasteiger partial charge in [-0.25, -0.2) is 14.4 Å². The molecule has 0 saturated carbocycles. The first-order chi connectivity index (χ1) is 12.7. The second-order valence-electron chi connectivity index (χ2n) is 7.49. The fourth-order valence-electron chi connectivity index (χ4n) is 2.85. The number of hydrogen-bond acceptors (Lipinski definition) is 5. The number of nitrogens with zero attached hydrogens (tertiary/aromatic N) is 2. The molecule has 0 spiro atoms. The molecule has 0 fully saturated rings. The number of anilines is 2. The third kappa shape index (κ3) is 3.08. The number of rotatable bonds is 2. The number of nitrogens with one attached hydrogen (secondary N) is 1. The normalized spacial score (nSPS) is 16.8. The van der Waals surface area contributed by atoms with Crippen molar-refractivity contribution in [3.8, 4) is 11.5 Å². The first-order valence-corrected chi connectivity index (χ1v) is 9.35. The maximum Gasteiger partial charge on any atom is 0.161 e. The van der Waals surface area contributed by atoms with Crippen molar-refractivity contribution in [1.82, 2.24) is 9.97 Å². The van der Waals surface area contributed by atoms with E-state index in [9.17, 15) is 4.39 Å². The summed E-state index contributed by atoms with van der Waals surface area (Å²) in [7, 11) is 7.95. The van der Waals surface area contributed by atoms with Gasteiger partial charge >= 0.3 is 0 Å². The minimum Gasteiger partial charge on any atom is -0.499 e. The molecule has 11 heteroatoms. The third-order valence-electron chi connectivity index (χ3n) is 5.09. The number of ether oxygens (including phenoxy) is 2. The second-order valence-corrected chi connectivity index (χ2v) is 8.34. The average molecular weight is 423 g/mol. The average Bonchev–Trinajstić information content (AvgIpc) is 2.58. The molecule has 1 aliphatic rings. The monoisotopic (exact) mass is 423 g/mol. The Labute approximate surface area is 168 Å². The molecule has 2 heterocycles. The predicted octanol–water partition coefficient (Wildman–Crippen LogP) is -0.114. The van der Waals surface area contributed by atoms with Gasteiger partial charge in [-0.1, -0.05) is 6.07 Å². The molecule has 27 heavy (non-hydrogen) atoms. The van der Waals surface area contributed by atoms with Crippen LogP contribution in [-0.2, 0) is 0 Å². The van der Waals surface area contributed by atoms with Crippen molar-refractivity contribution in [2.24, 2.45) is 0 Å². The van der Waals surface area contributed by atoms with Crippen molar-refractivity contribution >= 4 is 69.7 Å². The smallest absolute Gasteiger partial charge is 0.161 e. The zero-order chi connectivity index (χ0) is 19.4. The summed E-state index contributed by atoms with van der Waals surface area (Å²) >= 11 is 3.20. The van der Waals surface area contributed by atoms with Crippen LogP contribution in [0.2, 0.25) is 0 Å². The van der Waals surface area contributed by atoms with E-state index in [4.69, 9.17) is 9.47 Å². The Balaban J connectivity index is 1.82. The lowest BCUT2D eigenvalue weighted by Crippen LogP contribution is -2.65. The van der Waals surface area contributed by atoms with Crippen LogP contribution in [0.25, 0.3) is 10.9 Å². The van der Waals surface area contributed by atoms with Gasteiger partial charge in [-0.15, -0.1) is 0 Å². The predicted molar refractivity (Wildman–Crippen MR) is 118 cm³/mol. The molecule has 0 saturated heterocycles. The summed E-state index contributed by atoms with van der Waals surface area (Å²) in [4.78, 5) is 8.61. The van der Waals surface area contributed by atoms with E-state index in [2.05, 4.69) is 31.2 Å². The molecule has 2 aromatic carbocycles. The van der Waals surface area contributed by atoms with Crippen molar-refractivity contribution in [2.45, 2.75) is 10.8 Å². The highest BCUT2D eigenvalue weighted by Gasteiger charge is 2.44. The molecule has 0 aliphatic carbocycles. The Hall–Kier alpha value is -2.15. The molecule has 132 valence electrons. The lowest BCUT2D eigenvalue weighted by molar-refractivity contribution is 0.0621. The van der Waals surface area contributed by atoms with Crippen molar-refractivity contribution < 1.29 is 13.9 Å². The summed E-state index contributed by atoms with van der Waals surface area (Å²) in [5.74, 6) is 1.35. The molecule has 1 N–H and O–H groups in total. The summed E-state index contributed by atoms with van der Waals surface area (Å²) in [5.41, 5.74) is 1.00. The molecule has 0 amide bonds. The molecule has 4 rings (SSSR count). The van der Waals surface area contributed by atoms with E-state index in [1.54, 1.807) is 18.2 Å². The topological polar surface area (TPSA) is 56.3 Å². The number of halogens is 2. The first-order valence-electron chi connectivity index (χ1n) is 8.56. The van der Waals surface area contributed by atoms with E-state index >= 15 is 0 Å². The van der Waals surface area contributed by atoms with E-state index in [1.165, 1.54) is 6.33 Å². The highest BCUT2D eigenvalue weighted by Crippen LogP contribution is 2.42. The van der Waals surface area contributed by atoms with Crippen LogP contribution in [0.5, 0.6) is 11.5 Å². The van der Waals surface area contributed by atoms with Crippen molar-refractivity contribution in [1.29, 1.82) is 0 Å². The molecule has 0 atom stereocenters. The molecule has 1 aromatic heterocycles. The van der Waals surface area contributed by atoms with Gasteiger partial charge in [0.15, 0.2) is 17.3 Å². The van der Waals surface area contributed by atoms with Crippen molar-refractivity contribution in [2.75, 3.05) is 5.32 Å². The van der Waals surface area contributed by atoms with E-state index < -0.39 is 10.8 Å². The number of benzene rings is 2. The quantitative estimate of drug-likeness (QED) is 0.583. The molecular formula is C16H15B4BrFN3O2. The molecule has 1 aliphatic heterocycles. The van der Waals surface area contributed by atoms with Crippen LogP contribution in [0, 0.1) is 5.82 Å². The molecule has 0 bridgehead atoms. The van der Waals surface area contributed by atoms with Crippen LogP contribution >= 0.6 is 15.9 Å². The SMILES string of the molecule is BC1(B)Oc2cc3ncnc(Nc4cccc(Br)c4F)c3cc2OC1(B)B. The standard InChI is InChI=1S/C16H15B4BrFN3O2/c17-15(18)16(19,20)27-12-5-10-7(4-11(12)26-15)14(24-6-23-10)25-9-3-1-2-8(21)13(9)22/h1-6H,17-20H2,(H,23,24,25). The minimum atomic E-state index is -0.521.